The fourth-order valence-corrected chi connectivity index (χ4v) is 3.61. The van der Waals surface area contributed by atoms with E-state index in [1.54, 1.807) is 13.8 Å². The predicted octanol–water partition coefficient (Wildman–Crippen LogP) is 2.47. The molecule has 116 valence electrons. The van der Waals surface area contributed by atoms with Gasteiger partial charge in [-0.25, -0.2) is 13.6 Å². The molecule has 5 nitrogen and oxygen atoms in total. The Morgan fingerprint density at radius 2 is 1.67 bits per heavy atom. The summed E-state index contributed by atoms with van der Waals surface area (Å²) in [6, 6.07) is 2.99. The molecule has 0 saturated heterocycles. The minimum absolute atomic E-state index is 0.00885. The average molecular weight is 310 g/mol. The van der Waals surface area contributed by atoms with Crippen LogP contribution in [0, 0.1) is 19.3 Å². The monoisotopic (exact) mass is 310 g/mol. The summed E-state index contributed by atoms with van der Waals surface area (Å²) in [5.74, 6) is 0.00885. The van der Waals surface area contributed by atoms with Gasteiger partial charge in [0.05, 0.1) is 4.90 Å². The molecule has 1 aromatic carbocycles. The Bertz CT molecular complexity index is 651. The number of nitrogens with one attached hydrogen (secondary N) is 1. The normalized spacial score (nSPS) is 17.7. The topological polar surface area (TPSA) is 89.3 Å². The molecule has 21 heavy (non-hydrogen) atoms. The maximum Gasteiger partial charge on any atom is 0.238 e. The van der Waals surface area contributed by atoms with Gasteiger partial charge >= 0.3 is 0 Å². The Kier molecular flexibility index (Phi) is 4.13. The van der Waals surface area contributed by atoms with Crippen molar-refractivity contribution in [3.05, 3.63) is 23.3 Å². The van der Waals surface area contributed by atoms with Gasteiger partial charge in [0, 0.05) is 11.1 Å². The number of nitrogens with two attached hydrogens (primary N) is 1. The number of carbonyl (C=O) groups is 1. The van der Waals surface area contributed by atoms with Crippen molar-refractivity contribution < 1.29 is 13.2 Å². The zero-order chi connectivity index (χ0) is 15.8. The van der Waals surface area contributed by atoms with Gasteiger partial charge in [0.2, 0.25) is 15.9 Å². The number of anilines is 1. The second-order valence-electron chi connectivity index (χ2n) is 6.20. The molecular weight excluding hydrogens is 288 g/mol. The lowest BCUT2D eigenvalue weighted by molar-refractivity contribution is -0.124. The number of hydrogen-bond acceptors (Lipinski definition) is 3. The largest absolute Gasteiger partial charge is 0.325 e. The van der Waals surface area contributed by atoms with Crippen molar-refractivity contribution in [2.45, 2.75) is 51.3 Å². The fourth-order valence-electron chi connectivity index (χ4n) is 2.93. The second kappa shape index (κ2) is 5.42. The number of primary sulfonamides is 1. The molecule has 1 aliphatic carbocycles. The molecule has 1 fully saturated rings. The molecule has 1 amide bonds. The van der Waals surface area contributed by atoms with Crippen LogP contribution in [0.15, 0.2) is 17.0 Å². The van der Waals surface area contributed by atoms with E-state index in [0.29, 0.717) is 16.8 Å². The zero-order valence-electron chi connectivity index (χ0n) is 12.7. The first kappa shape index (κ1) is 16.0. The molecular formula is C15H22N2O3S. The first-order valence-electron chi connectivity index (χ1n) is 7.09. The standard InChI is InChI=1S/C15H22N2O3S/c1-10-8-12(21(16,19)20)9-11(2)13(10)17-14(18)15(3)6-4-5-7-15/h8-9H,4-7H2,1-3H3,(H,17,18)(H2,16,19,20). The SMILES string of the molecule is Cc1cc(S(N)(=O)=O)cc(C)c1NC(=O)C1(C)CCCC1. The summed E-state index contributed by atoms with van der Waals surface area (Å²) in [5.41, 5.74) is 1.76. The Balaban J connectivity index is 2.31. The summed E-state index contributed by atoms with van der Waals surface area (Å²) in [6.45, 7) is 5.53. The van der Waals surface area contributed by atoms with E-state index >= 15 is 0 Å². The van der Waals surface area contributed by atoms with Crippen LogP contribution in [-0.4, -0.2) is 14.3 Å². The van der Waals surface area contributed by atoms with Gasteiger partial charge in [0.1, 0.15) is 0 Å². The molecule has 0 heterocycles. The van der Waals surface area contributed by atoms with E-state index in [9.17, 15) is 13.2 Å². The molecule has 6 heteroatoms. The van der Waals surface area contributed by atoms with Gasteiger partial charge in [-0.3, -0.25) is 4.79 Å². The molecule has 1 saturated carbocycles. The summed E-state index contributed by atoms with van der Waals surface area (Å²) in [6.07, 6.45) is 3.94. The van der Waals surface area contributed by atoms with Gasteiger partial charge in [-0.2, -0.15) is 0 Å². The highest BCUT2D eigenvalue weighted by Gasteiger charge is 2.36. The summed E-state index contributed by atoms with van der Waals surface area (Å²) in [5, 5.41) is 8.12. The van der Waals surface area contributed by atoms with E-state index in [4.69, 9.17) is 5.14 Å². The third kappa shape index (κ3) is 3.27. The maximum absolute atomic E-state index is 12.5. The molecule has 3 N–H and O–H groups in total. The minimum Gasteiger partial charge on any atom is -0.325 e. The third-order valence-electron chi connectivity index (χ3n) is 4.33. The van der Waals surface area contributed by atoms with Crippen molar-refractivity contribution in [3.8, 4) is 0 Å². The summed E-state index contributed by atoms with van der Waals surface area (Å²) >= 11 is 0. The van der Waals surface area contributed by atoms with Crippen molar-refractivity contribution in [2.75, 3.05) is 5.32 Å². The van der Waals surface area contributed by atoms with Crippen LogP contribution in [0.4, 0.5) is 5.69 Å². The highest BCUT2D eigenvalue weighted by atomic mass is 32.2. The summed E-state index contributed by atoms with van der Waals surface area (Å²) in [4.78, 5) is 12.5. The Morgan fingerprint density at radius 1 is 1.19 bits per heavy atom. The van der Waals surface area contributed by atoms with Crippen LogP contribution in [0.2, 0.25) is 0 Å². The number of hydrogen-bond donors (Lipinski definition) is 2. The van der Waals surface area contributed by atoms with E-state index in [1.807, 2.05) is 6.92 Å². The van der Waals surface area contributed by atoms with Crippen LogP contribution in [0.25, 0.3) is 0 Å². The van der Waals surface area contributed by atoms with Gasteiger partial charge in [0.15, 0.2) is 0 Å². The molecule has 0 aromatic heterocycles. The van der Waals surface area contributed by atoms with Gasteiger partial charge in [0.25, 0.3) is 0 Å². The van der Waals surface area contributed by atoms with E-state index in [-0.39, 0.29) is 16.2 Å². The molecule has 2 rings (SSSR count). The number of sulfonamides is 1. The van der Waals surface area contributed by atoms with Crippen LogP contribution in [0.1, 0.15) is 43.7 Å². The molecule has 1 aliphatic rings. The highest BCUT2D eigenvalue weighted by Crippen LogP contribution is 2.39. The molecule has 0 bridgehead atoms. The van der Waals surface area contributed by atoms with Crippen LogP contribution >= 0.6 is 0 Å². The van der Waals surface area contributed by atoms with Gasteiger partial charge in [-0.05, 0) is 49.9 Å². The van der Waals surface area contributed by atoms with Crippen LogP contribution in [-0.2, 0) is 14.8 Å². The molecule has 0 spiro atoms. The zero-order valence-corrected chi connectivity index (χ0v) is 13.5. The molecule has 1 aromatic rings. The predicted molar refractivity (Wildman–Crippen MR) is 82.5 cm³/mol. The molecule has 0 radical (unpaired) electrons. The van der Waals surface area contributed by atoms with Crippen molar-refractivity contribution in [1.29, 1.82) is 0 Å². The highest BCUT2D eigenvalue weighted by molar-refractivity contribution is 7.89. The van der Waals surface area contributed by atoms with E-state index < -0.39 is 10.0 Å². The quantitative estimate of drug-likeness (QED) is 0.898. The lowest BCUT2D eigenvalue weighted by Gasteiger charge is -2.24. The van der Waals surface area contributed by atoms with Crippen molar-refractivity contribution in [2.24, 2.45) is 10.6 Å². The first-order chi connectivity index (χ1) is 9.63. The minimum atomic E-state index is -3.73. The Hall–Kier alpha value is -1.40. The average Bonchev–Trinajstić information content (AvgIpc) is 2.80. The van der Waals surface area contributed by atoms with Crippen molar-refractivity contribution in [1.82, 2.24) is 0 Å². The fraction of sp³-hybridized carbons (Fsp3) is 0.533. The van der Waals surface area contributed by atoms with E-state index in [0.717, 1.165) is 25.7 Å². The van der Waals surface area contributed by atoms with E-state index in [2.05, 4.69) is 5.32 Å². The number of aryl methyl sites for hydroxylation is 2. The van der Waals surface area contributed by atoms with Crippen LogP contribution < -0.4 is 10.5 Å². The third-order valence-corrected chi connectivity index (χ3v) is 5.22. The molecule has 0 atom stereocenters. The first-order valence-corrected chi connectivity index (χ1v) is 8.64. The van der Waals surface area contributed by atoms with Gasteiger partial charge in [-0.15, -0.1) is 0 Å². The number of carbonyl (C=O) groups excluding carboxylic acids is 1. The second-order valence-corrected chi connectivity index (χ2v) is 7.76. The van der Waals surface area contributed by atoms with E-state index in [1.165, 1.54) is 12.1 Å². The van der Waals surface area contributed by atoms with Gasteiger partial charge < -0.3 is 5.32 Å². The lowest BCUT2D eigenvalue weighted by Crippen LogP contribution is -2.31. The van der Waals surface area contributed by atoms with Crippen molar-refractivity contribution >= 4 is 21.6 Å². The number of benzene rings is 1. The Labute approximate surface area is 126 Å². The van der Waals surface area contributed by atoms with Crippen molar-refractivity contribution in [3.63, 3.8) is 0 Å². The lowest BCUT2D eigenvalue weighted by atomic mass is 9.87. The smallest absolute Gasteiger partial charge is 0.238 e. The Morgan fingerprint density at radius 3 is 2.10 bits per heavy atom. The number of rotatable bonds is 3. The van der Waals surface area contributed by atoms with Gasteiger partial charge in [-0.1, -0.05) is 19.8 Å². The van der Waals surface area contributed by atoms with Crippen LogP contribution in [0.5, 0.6) is 0 Å². The number of amides is 1. The summed E-state index contributed by atoms with van der Waals surface area (Å²) in [7, 11) is -3.73. The summed E-state index contributed by atoms with van der Waals surface area (Å²) < 4.78 is 22.8. The molecule has 0 aliphatic heterocycles. The van der Waals surface area contributed by atoms with Crippen LogP contribution in [0.3, 0.4) is 0 Å². The molecule has 0 unspecified atom stereocenters. The maximum atomic E-state index is 12.5.